The Kier molecular flexibility index (Phi) is 8.62. The van der Waals surface area contributed by atoms with Gasteiger partial charge in [0.05, 0.1) is 5.37 Å². The molecule has 2 fully saturated rings. The summed E-state index contributed by atoms with van der Waals surface area (Å²) >= 11 is 1.62. The lowest BCUT2D eigenvalue weighted by Gasteiger charge is -2.36. The lowest BCUT2D eigenvalue weighted by atomic mass is 9.83. The van der Waals surface area contributed by atoms with Crippen LogP contribution < -0.4 is 11.1 Å². The van der Waals surface area contributed by atoms with E-state index in [-0.39, 0.29) is 35.1 Å². The molecule has 3 rings (SSSR count). The summed E-state index contributed by atoms with van der Waals surface area (Å²) in [5.41, 5.74) is 6.58. The zero-order valence-electron chi connectivity index (χ0n) is 17.9. The van der Waals surface area contributed by atoms with Gasteiger partial charge in [-0.05, 0) is 39.2 Å². The van der Waals surface area contributed by atoms with E-state index in [2.05, 4.69) is 5.32 Å². The van der Waals surface area contributed by atoms with E-state index >= 15 is 0 Å². The average molecular weight is 457 g/mol. The SMILES string of the molecule is CC(C)(C)OC(=O)C(N)C1NC(C(=O)OCc2ccccc2)C2(CCCCC2)S1.Cl. The molecule has 6 nitrogen and oxygen atoms in total. The lowest BCUT2D eigenvalue weighted by Crippen LogP contribution is -2.53. The first-order valence-electron chi connectivity index (χ1n) is 10.3. The van der Waals surface area contributed by atoms with Crippen LogP contribution in [0.25, 0.3) is 0 Å². The number of ether oxygens (including phenoxy) is 2. The normalized spacial score (nSPS) is 24.0. The van der Waals surface area contributed by atoms with E-state index < -0.39 is 23.7 Å². The first-order chi connectivity index (χ1) is 13.7. The second-order valence-electron chi connectivity index (χ2n) is 8.92. The number of carbonyl (C=O) groups excluding carboxylic acids is 2. The third-order valence-electron chi connectivity index (χ3n) is 5.38. The zero-order chi connectivity index (χ0) is 21.1. The predicted octanol–water partition coefficient (Wildman–Crippen LogP) is 3.55. The van der Waals surface area contributed by atoms with Crippen molar-refractivity contribution in [2.45, 2.75) is 87.3 Å². The Labute approximate surface area is 189 Å². The number of halogens is 1. The van der Waals surface area contributed by atoms with Gasteiger partial charge in [-0.1, -0.05) is 49.6 Å². The predicted molar refractivity (Wildman–Crippen MR) is 121 cm³/mol. The van der Waals surface area contributed by atoms with Crippen LogP contribution in [0, 0.1) is 0 Å². The van der Waals surface area contributed by atoms with Crippen molar-refractivity contribution in [3.05, 3.63) is 35.9 Å². The van der Waals surface area contributed by atoms with Crippen LogP contribution in [-0.2, 0) is 25.7 Å². The molecule has 2 aliphatic rings. The smallest absolute Gasteiger partial charge is 0.325 e. The van der Waals surface area contributed by atoms with Gasteiger partial charge in [0.15, 0.2) is 0 Å². The summed E-state index contributed by atoms with van der Waals surface area (Å²) in [6.45, 7) is 5.69. The highest BCUT2D eigenvalue weighted by atomic mass is 35.5. The van der Waals surface area contributed by atoms with Crippen molar-refractivity contribution >= 4 is 36.1 Å². The van der Waals surface area contributed by atoms with Crippen LogP contribution in [-0.4, -0.2) is 39.7 Å². The number of benzene rings is 1. The molecule has 0 aromatic heterocycles. The molecule has 1 aromatic carbocycles. The summed E-state index contributed by atoms with van der Waals surface area (Å²) in [7, 11) is 0. The number of carbonyl (C=O) groups is 2. The average Bonchev–Trinajstić information content (AvgIpc) is 3.04. The van der Waals surface area contributed by atoms with Crippen LogP contribution >= 0.6 is 24.2 Å². The summed E-state index contributed by atoms with van der Waals surface area (Å²) in [6, 6.07) is 8.32. The molecule has 1 aromatic rings. The quantitative estimate of drug-likeness (QED) is 0.654. The van der Waals surface area contributed by atoms with Crippen molar-refractivity contribution in [3.63, 3.8) is 0 Å². The first kappa shape index (κ1) is 25.0. The number of hydrogen-bond acceptors (Lipinski definition) is 7. The van der Waals surface area contributed by atoms with Crippen molar-refractivity contribution < 1.29 is 19.1 Å². The number of nitrogens with two attached hydrogens (primary N) is 1. The second-order valence-corrected chi connectivity index (χ2v) is 10.5. The molecule has 3 atom stereocenters. The van der Waals surface area contributed by atoms with E-state index in [4.69, 9.17) is 15.2 Å². The summed E-state index contributed by atoms with van der Waals surface area (Å²) in [6.07, 6.45) is 5.11. The van der Waals surface area contributed by atoms with E-state index in [9.17, 15) is 9.59 Å². The molecule has 1 saturated heterocycles. The number of thioether (sulfide) groups is 1. The molecule has 30 heavy (non-hydrogen) atoms. The van der Waals surface area contributed by atoms with Gasteiger partial charge in [0.1, 0.15) is 24.3 Å². The van der Waals surface area contributed by atoms with Gasteiger partial charge in [-0.2, -0.15) is 0 Å². The van der Waals surface area contributed by atoms with Gasteiger partial charge in [0, 0.05) is 4.75 Å². The van der Waals surface area contributed by atoms with Crippen LogP contribution in [0.15, 0.2) is 30.3 Å². The minimum Gasteiger partial charge on any atom is -0.460 e. The monoisotopic (exact) mass is 456 g/mol. The van der Waals surface area contributed by atoms with Crippen LogP contribution in [0.2, 0.25) is 0 Å². The molecule has 0 amide bonds. The largest absolute Gasteiger partial charge is 0.460 e. The van der Waals surface area contributed by atoms with Crippen molar-refractivity contribution in [2.24, 2.45) is 5.73 Å². The first-order valence-corrected chi connectivity index (χ1v) is 11.2. The molecule has 1 aliphatic carbocycles. The zero-order valence-corrected chi connectivity index (χ0v) is 19.5. The molecule has 1 aliphatic heterocycles. The highest BCUT2D eigenvalue weighted by Gasteiger charge is 2.54. The summed E-state index contributed by atoms with van der Waals surface area (Å²) in [4.78, 5) is 25.5. The molecule has 168 valence electrons. The van der Waals surface area contributed by atoms with E-state index in [0.29, 0.717) is 0 Å². The Morgan fingerprint density at radius 2 is 1.83 bits per heavy atom. The van der Waals surface area contributed by atoms with Crippen molar-refractivity contribution in [1.82, 2.24) is 5.32 Å². The molecule has 3 unspecified atom stereocenters. The maximum Gasteiger partial charge on any atom is 0.325 e. The third kappa shape index (κ3) is 6.13. The molecule has 1 saturated carbocycles. The lowest BCUT2D eigenvalue weighted by molar-refractivity contribution is -0.157. The Bertz CT molecular complexity index is 720. The summed E-state index contributed by atoms with van der Waals surface area (Å²) in [5.74, 6) is -0.728. The summed E-state index contributed by atoms with van der Waals surface area (Å²) in [5, 5.41) is 2.94. The third-order valence-corrected chi connectivity index (χ3v) is 7.18. The summed E-state index contributed by atoms with van der Waals surface area (Å²) < 4.78 is 10.8. The molecule has 1 spiro atoms. The maximum atomic E-state index is 13.0. The van der Waals surface area contributed by atoms with Crippen LogP contribution in [0.1, 0.15) is 58.4 Å². The fourth-order valence-electron chi connectivity index (χ4n) is 3.99. The van der Waals surface area contributed by atoms with Crippen LogP contribution in [0.4, 0.5) is 0 Å². The van der Waals surface area contributed by atoms with Gasteiger partial charge in [-0.3, -0.25) is 14.9 Å². The standard InChI is InChI=1S/C22H32N2O4S.ClH/c1-21(2,3)28-19(25)16(23)18-24-17(22(29-18)12-8-5-9-13-22)20(26)27-14-15-10-6-4-7-11-15;/h4,6-7,10-11,16-18,24H,5,8-9,12-14,23H2,1-3H3;1H. The van der Waals surface area contributed by atoms with E-state index in [1.807, 2.05) is 51.1 Å². The van der Waals surface area contributed by atoms with Gasteiger partial charge >= 0.3 is 11.9 Å². The molecular weight excluding hydrogens is 424 g/mol. The fraction of sp³-hybridized carbons (Fsp3) is 0.636. The van der Waals surface area contributed by atoms with E-state index in [1.54, 1.807) is 11.8 Å². The highest BCUT2D eigenvalue weighted by Crippen LogP contribution is 2.49. The molecule has 0 bridgehead atoms. The molecular formula is C22H33ClN2O4S. The number of hydrogen-bond donors (Lipinski definition) is 2. The number of nitrogens with one attached hydrogen (secondary N) is 1. The van der Waals surface area contributed by atoms with Gasteiger partial charge in [-0.25, -0.2) is 0 Å². The highest BCUT2D eigenvalue weighted by molar-refractivity contribution is 8.01. The van der Waals surface area contributed by atoms with E-state index in [1.165, 1.54) is 0 Å². The van der Waals surface area contributed by atoms with Crippen LogP contribution in [0.3, 0.4) is 0 Å². The van der Waals surface area contributed by atoms with Gasteiger partial charge in [0.2, 0.25) is 0 Å². The van der Waals surface area contributed by atoms with Crippen molar-refractivity contribution in [1.29, 1.82) is 0 Å². The van der Waals surface area contributed by atoms with Crippen LogP contribution in [0.5, 0.6) is 0 Å². The fourth-order valence-corrected chi connectivity index (χ4v) is 5.79. The molecule has 8 heteroatoms. The Balaban J connectivity index is 0.00000320. The number of esters is 2. The van der Waals surface area contributed by atoms with Crippen molar-refractivity contribution in [2.75, 3.05) is 0 Å². The Hall–Kier alpha value is -1.28. The van der Waals surface area contributed by atoms with Crippen molar-refractivity contribution in [3.8, 4) is 0 Å². The Morgan fingerprint density at radius 3 is 2.43 bits per heavy atom. The van der Waals surface area contributed by atoms with Gasteiger partial charge in [-0.15, -0.1) is 24.2 Å². The number of rotatable bonds is 5. The molecule has 1 heterocycles. The minimum absolute atomic E-state index is 0. The van der Waals surface area contributed by atoms with Gasteiger partial charge < -0.3 is 15.2 Å². The maximum absolute atomic E-state index is 13.0. The van der Waals surface area contributed by atoms with E-state index in [0.717, 1.165) is 37.7 Å². The Morgan fingerprint density at radius 1 is 1.20 bits per heavy atom. The van der Waals surface area contributed by atoms with Gasteiger partial charge in [0.25, 0.3) is 0 Å². The second kappa shape index (κ2) is 10.4. The molecule has 3 N–H and O–H groups in total. The molecule has 0 radical (unpaired) electrons. The topological polar surface area (TPSA) is 90.6 Å². The minimum atomic E-state index is -0.843.